The quantitative estimate of drug-likeness (QED) is 0.498. The van der Waals surface area contributed by atoms with Gasteiger partial charge in [-0.2, -0.15) is 13.2 Å². The molecule has 1 aromatic carbocycles. The van der Waals surface area contributed by atoms with Crippen LogP contribution in [0.3, 0.4) is 0 Å². The summed E-state index contributed by atoms with van der Waals surface area (Å²) >= 11 is 0. The van der Waals surface area contributed by atoms with Crippen LogP contribution < -0.4 is 9.62 Å². The van der Waals surface area contributed by atoms with Gasteiger partial charge in [0.25, 0.3) is 0 Å². The number of aromatic carboxylic acids is 1. The summed E-state index contributed by atoms with van der Waals surface area (Å²) in [5.74, 6) is -3.77. The molecule has 0 aliphatic carbocycles. The van der Waals surface area contributed by atoms with E-state index in [-0.39, 0.29) is 17.2 Å². The molecule has 35 heavy (non-hydrogen) atoms. The van der Waals surface area contributed by atoms with Crippen LogP contribution in [0.25, 0.3) is 0 Å². The highest BCUT2D eigenvalue weighted by atomic mass is 32.2. The van der Waals surface area contributed by atoms with Crippen LogP contribution in [0.15, 0.2) is 18.2 Å². The van der Waals surface area contributed by atoms with Crippen LogP contribution in [0.2, 0.25) is 0 Å². The number of carbonyl (C=O) groups excluding carboxylic acids is 1. The number of likely N-dealkylation sites (tertiary alicyclic amines) is 1. The van der Waals surface area contributed by atoms with Crippen LogP contribution >= 0.6 is 0 Å². The summed E-state index contributed by atoms with van der Waals surface area (Å²) in [6.45, 7) is 4.90. The average molecular weight is 525 g/mol. The first-order valence-electron chi connectivity index (χ1n) is 10.6. The van der Waals surface area contributed by atoms with Crippen molar-refractivity contribution in [2.75, 3.05) is 61.7 Å². The SMILES string of the molecule is CS(=O)(=O)Nc1ccc(N2CCN(CC(=O)N3CCCC3)CC2)cc1C(=O)O.O=C(O)C(F)(F)F. The molecule has 0 saturated carbocycles. The summed E-state index contributed by atoms with van der Waals surface area (Å²) in [4.78, 5) is 38.8. The van der Waals surface area contributed by atoms with Crippen LogP contribution in [0.1, 0.15) is 23.2 Å². The fourth-order valence-corrected chi connectivity index (χ4v) is 4.19. The van der Waals surface area contributed by atoms with E-state index in [0.717, 1.165) is 37.9 Å². The van der Waals surface area contributed by atoms with E-state index >= 15 is 0 Å². The van der Waals surface area contributed by atoms with Gasteiger partial charge in [-0.15, -0.1) is 0 Å². The number of nitrogens with one attached hydrogen (secondary N) is 1. The van der Waals surface area contributed by atoms with Gasteiger partial charge in [0.2, 0.25) is 15.9 Å². The van der Waals surface area contributed by atoms with Gasteiger partial charge in [0.1, 0.15) is 0 Å². The molecule has 3 N–H and O–H groups in total. The summed E-state index contributed by atoms with van der Waals surface area (Å²) < 4.78 is 56.8. The molecule has 0 spiro atoms. The number of benzene rings is 1. The van der Waals surface area contributed by atoms with E-state index in [0.29, 0.717) is 32.7 Å². The second-order valence-electron chi connectivity index (χ2n) is 8.06. The van der Waals surface area contributed by atoms with Crippen molar-refractivity contribution >= 4 is 39.2 Å². The summed E-state index contributed by atoms with van der Waals surface area (Å²) in [5, 5.41) is 16.6. The zero-order valence-corrected chi connectivity index (χ0v) is 19.7. The Bertz CT molecular complexity index is 1040. The van der Waals surface area contributed by atoms with Crippen LogP contribution in [0.5, 0.6) is 0 Å². The van der Waals surface area contributed by atoms with Gasteiger partial charge in [-0.05, 0) is 31.0 Å². The molecule has 2 aliphatic rings. The van der Waals surface area contributed by atoms with Crippen LogP contribution in [-0.4, -0.2) is 105 Å². The molecule has 196 valence electrons. The van der Waals surface area contributed by atoms with E-state index in [9.17, 15) is 36.3 Å². The van der Waals surface area contributed by atoms with Crippen molar-refractivity contribution in [3.8, 4) is 0 Å². The van der Waals surface area contributed by atoms with E-state index in [4.69, 9.17) is 9.90 Å². The van der Waals surface area contributed by atoms with Gasteiger partial charge in [-0.3, -0.25) is 14.4 Å². The van der Waals surface area contributed by atoms with Crippen LogP contribution in [-0.2, 0) is 19.6 Å². The number of piperazine rings is 1. The summed E-state index contributed by atoms with van der Waals surface area (Å²) in [7, 11) is -3.57. The van der Waals surface area contributed by atoms with Gasteiger partial charge in [0.15, 0.2) is 0 Å². The van der Waals surface area contributed by atoms with Crippen molar-refractivity contribution in [2.24, 2.45) is 0 Å². The summed E-state index contributed by atoms with van der Waals surface area (Å²) in [6.07, 6.45) is -1.94. The number of anilines is 2. The third kappa shape index (κ3) is 8.90. The van der Waals surface area contributed by atoms with Gasteiger partial charge in [-0.1, -0.05) is 0 Å². The minimum absolute atomic E-state index is 0.0496. The molecule has 2 saturated heterocycles. The number of aliphatic carboxylic acids is 1. The molecule has 1 aromatic rings. The van der Waals surface area contributed by atoms with Crippen LogP contribution in [0.4, 0.5) is 24.5 Å². The van der Waals surface area contributed by atoms with Crippen molar-refractivity contribution in [1.29, 1.82) is 0 Å². The standard InChI is InChI=1S/C18H26N4O5S.C2HF3O2/c1-28(26,27)19-16-5-4-14(12-15(16)18(24)25)21-10-8-20(9-11-21)13-17(23)22-6-2-3-7-22;3-2(4,5)1(6)7/h4-5,12,19H,2-3,6-11,13H2,1H3,(H,24,25);(H,6,7). The number of carbonyl (C=O) groups is 3. The number of hydrogen-bond donors (Lipinski definition) is 3. The lowest BCUT2D eigenvalue weighted by Crippen LogP contribution is -2.49. The molecule has 2 aliphatic heterocycles. The van der Waals surface area contributed by atoms with E-state index in [1.807, 2.05) is 9.80 Å². The maximum atomic E-state index is 12.3. The maximum Gasteiger partial charge on any atom is 0.490 e. The molecule has 0 radical (unpaired) electrons. The first-order valence-corrected chi connectivity index (χ1v) is 12.5. The number of alkyl halides is 3. The number of carboxylic acids is 2. The molecule has 11 nitrogen and oxygen atoms in total. The number of halogens is 3. The Morgan fingerprint density at radius 2 is 1.54 bits per heavy atom. The highest BCUT2D eigenvalue weighted by molar-refractivity contribution is 7.92. The Balaban J connectivity index is 0.000000540. The first-order chi connectivity index (χ1) is 16.2. The fraction of sp³-hybridized carbons (Fsp3) is 0.550. The van der Waals surface area contributed by atoms with E-state index in [2.05, 4.69) is 9.62 Å². The third-order valence-electron chi connectivity index (χ3n) is 5.33. The van der Waals surface area contributed by atoms with E-state index < -0.39 is 28.1 Å². The lowest BCUT2D eigenvalue weighted by atomic mass is 10.1. The normalized spacial score (nSPS) is 16.9. The lowest BCUT2D eigenvalue weighted by molar-refractivity contribution is -0.192. The Morgan fingerprint density at radius 3 is 2.00 bits per heavy atom. The second kappa shape index (κ2) is 11.6. The predicted octanol–water partition coefficient (Wildman–Crippen LogP) is 1.13. The molecule has 1 amide bonds. The zero-order chi connectivity index (χ0) is 26.4. The molecular formula is C20H27F3N4O7S. The van der Waals surface area contributed by atoms with Crippen molar-refractivity contribution in [3.05, 3.63) is 23.8 Å². The second-order valence-corrected chi connectivity index (χ2v) is 9.81. The molecule has 15 heteroatoms. The zero-order valence-electron chi connectivity index (χ0n) is 18.9. The Kier molecular flexibility index (Phi) is 9.31. The monoisotopic (exact) mass is 524 g/mol. The third-order valence-corrected chi connectivity index (χ3v) is 5.92. The van der Waals surface area contributed by atoms with Crippen LogP contribution in [0, 0.1) is 0 Å². The van der Waals surface area contributed by atoms with Gasteiger partial charge in [0.05, 0.1) is 24.1 Å². The highest BCUT2D eigenvalue weighted by Crippen LogP contribution is 2.25. The number of amides is 1. The van der Waals surface area contributed by atoms with Crippen molar-refractivity contribution in [1.82, 2.24) is 9.80 Å². The van der Waals surface area contributed by atoms with Gasteiger partial charge >= 0.3 is 18.1 Å². The van der Waals surface area contributed by atoms with E-state index in [1.165, 1.54) is 12.1 Å². The molecule has 2 fully saturated rings. The van der Waals surface area contributed by atoms with E-state index in [1.54, 1.807) is 6.07 Å². The maximum absolute atomic E-state index is 12.3. The Labute approximate surface area is 200 Å². The molecule has 0 atom stereocenters. The molecule has 0 bridgehead atoms. The van der Waals surface area contributed by atoms with Gasteiger partial charge in [-0.25, -0.2) is 18.0 Å². The van der Waals surface area contributed by atoms with Gasteiger partial charge < -0.3 is 20.0 Å². The van der Waals surface area contributed by atoms with Crippen molar-refractivity contribution in [2.45, 2.75) is 19.0 Å². The number of rotatable bonds is 6. The first kappa shape index (κ1) is 28.2. The largest absolute Gasteiger partial charge is 0.490 e. The lowest BCUT2D eigenvalue weighted by Gasteiger charge is -2.36. The molecule has 3 rings (SSSR count). The topological polar surface area (TPSA) is 148 Å². The van der Waals surface area contributed by atoms with Gasteiger partial charge in [0, 0.05) is 45.0 Å². The van der Waals surface area contributed by atoms with Crippen molar-refractivity contribution < 1.29 is 46.2 Å². The minimum Gasteiger partial charge on any atom is -0.478 e. The number of sulfonamides is 1. The molecule has 0 unspecified atom stereocenters. The van der Waals surface area contributed by atoms with Crippen molar-refractivity contribution in [3.63, 3.8) is 0 Å². The average Bonchev–Trinajstić information content (AvgIpc) is 3.28. The number of nitrogens with zero attached hydrogens (tertiary/aromatic N) is 3. The molecule has 2 heterocycles. The summed E-state index contributed by atoms with van der Waals surface area (Å²) in [6, 6.07) is 4.68. The fourth-order valence-electron chi connectivity index (χ4n) is 3.62. The smallest absolute Gasteiger partial charge is 0.478 e. The number of hydrogen-bond acceptors (Lipinski definition) is 7. The predicted molar refractivity (Wildman–Crippen MR) is 120 cm³/mol. The highest BCUT2D eigenvalue weighted by Gasteiger charge is 2.38. The Morgan fingerprint density at radius 1 is 1.00 bits per heavy atom. The molecular weight excluding hydrogens is 497 g/mol. The number of carboxylic acid groups (broad SMARTS) is 2. The summed E-state index contributed by atoms with van der Waals surface area (Å²) in [5.41, 5.74) is 0.685. The minimum atomic E-state index is -5.08. The molecule has 0 aromatic heterocycles. The Hall–Kier alpha value is -3.07.